The van der Waals surface area contributed by atoms with Crippen LogP contribution in [0.3, 0.4) is 0 Å². The Bertz CT molecular complexity index is 1090. The van der Waals surface area contributed by atoms with E-state index in [0.717, 1.165) is 5.56 Å². The molecule has 3 rings (SSSR count). The first-order valence-corrected chi connectivity index (χ1v) is 11.2. The largest absolute Gasteiger partial charge is 0.424 e. The lowest BCUT2D eigenvalue weighted by Crippen LogP contribution is -2.29. The molecule has 30 heavy (non-hydrogen) atoms. The molecule has 0 unspecified atom stereocenters. The Labute approximate surface area is 176 Å². The molecule has 3 aromatic rings. The summed E-state index contributed by atoms with van der Waals surface area (Å²) in [4.78, 5) is 0.184. The number of hydrogen-bond donors (Lipinski definition) is 1. The van der Waals surface area contributed by atoms with Gasteiger partial charge in [0.05, 0.1) is 10.9 Å². The van der Waals surface area contributed by atoms with E-state index in [1.807, 2.05) is 32.9 Å². The van der Waals surface area contributed by atoms with Crippen molar-refractivity contribution >= 4 is 10.0 Å². The molecule has 0 aliphatic heterocycles. The number of nitrogens with zero attached hydrogens (tertiary/aromatic N) is 3. The van der Waals surface area contributed by atoms with Crippen molar-refractivity contribution in [2.24, 2.45) is 0 Å². The number of hydrogen-bond acceptors (Lipinski definition) is 5. The van der Waals surface area contributed by atoms with Gasteiger partial charge in [0.1, 0.15) is 11.6 Å². The van der Waals surface area contributed by atoms with Gasteiger partial charge in [-0.05, 0) is 61.7 Å². The molecule has 0 spiro atoms. The van der Waals surface area contributed by atoms with Gasteiger partial charge in [0.25, 0.3) is 0 Å². The standard InChI is InChI=1S/C21H25FN4O3S/c1-5-26-20(23-24-21(26)29-18-10-8-17(22)9-11-18)15(4)25-30(27,28)19-12-6-16(7-13-19)14(2)3/h6-15,25H,5H2,1-4H3/t15-/m1/s1. The molecule has 0 amide bonds. The molecule has 7 nitrogen and oxygen atoms in total. The van der Waals surface area contributed by atoms with Gasteiger partial charge < -0.3 is 4.74 Å². The Kier molecular flexibility index (Phi) is 6.52. The van der Waals surface area contributed by atoms with E-state index in [9.17, 15) is 12.8 Å². The van der Waals surface area contributed by atoms with Gasteiger partial charge in [-0.2, -0.15) is 0 Å². The second-order valence-corrected chi connectivity index (χ2v) is 8.92. The van der Waals surface area contributed by atoms with Crippen molar-refractivity contribution < 1.29 is 17.5 Å². The zero-order valence-corrected chi connectivity index (χ0v) is 18.1. The summed E-state index contributed by atoms with van der Waals surface area (Å²) < 4.78 is 48.7. The normalized spacial score (nSPS) is 12.9. The van der Waals surface area contributed by atoms with E-state index in [2.05, 4.69) is 14.9 Å². The maximum atomic E-state index is 13.1. The molecular weight excluding hydrogens is 407 g/mol. The minimum atomic E-state index is -3.74. The predicted molar refractivity (Wildman–Crippen MR) is 111 cm³/mol. The van der Waals surface area contributed by atoms with Crippen LogP contribution in [0, 0.1) is 5.82 Å². The quantitative estimate of drug-likeness (QED) is 0.570. The van der Waals surface area contributed by atoms with Gasteiger partial charge in [-0.15, -0.1) is 5.10 Å². The van der Waals surface area contributed by atoms with Crippen molar-refractivity contribution in [2.45, 2.75) is 51.1 Å². The van der Waals surface area contributed by atoms with Gasteiger partial charge >= 0.3 is 6.01 Å². The molecule has 0 fully saturated rings. The lowest BCUT2D eigenvalue weighted by molar-refractivity contribution is 0.407. The number of benzene rings is 2. The second kappa shape index (κ2) is 8.93. The molecule has 9 heteroatoms. The van der Waals surface area contributed by atoms with Crippen LogP contribution in [0.2, 0.25) is 0 Å². The summed E-state index contributed by atoms with van der Waals surface area (Å²) in [6.07, 6.45) is 0. The van der Waals surface area contributed by atoms with Crippen molar-refractivity contribution in [1.82, 2.24) is 19.5 Å². The highest BCUT2D eigenvalue weighted by Gasteiger charge is 2.24. The number of rotatable bonds is 8. The van der Waals surface area contributed by atoms with Gasteiger partial charge in [0.2, 0.25) is 10.0 Å². The maximum absolute atomic E-state index is 13.1. The van der Waals surface area contributed by atoms with E-state index in [0.29, 0.717) is 24.0 Å². The first kappa shape index (κ1) is 21.9. The summed E-state index contributed by atoms with van der Waals surface area (Å²) in [6, 6.07) is 11.9. The number of halogens is 1. The predicted octanol–water partition coefficient (Wildman–Crippen LogP) is 4.39. The summed E-state index contributed by atoms with van der Waals surface area (Å²) in [5.41, 5.74) is 1.07. The van der Waals surface area contributed by atoms with Gasteiger partial charge in [0, 0.05) is 6.54 Å². The average Bonchev–Trinajstić information content (AvgIpc) is 3.12. The number of ether oxygens (including phenoxy) is 1. The lowest BCUT2D eigenvalue weighted by atomic mass is 10.0. The first-order valence-electron chi connectivity index (χ1n) is 9.70. The molecule has 1 heterocycles. The monoisotopic (exact) mass is 432 g/mol. The molecule has 0 saturated carbocycles. The topological polar surface area (TPSA) is 86.1 Å². The first-order chi connectivity index (χ1) is 14.2. The minimum Gasteiger partial charge on any atom is -0.424 e. The molecule has 0 saturated heterocycles. The second-order valence-electron chi connectivity index (χ2n) is 7.21. The highest BCUT2D eigenvalue weighted by molar-refractivity contribution is 7.89. The molecule has 1 N–H and O–H groups in total. The molecule has 1 aromatic heterocycles. The molecule has 0 bridgehead atoms. The van der Waals surface area contributed by atoms with E-state index < -0.39 is 16.1 Å². The zero-order chi connectivity index (χ0) is 21.9. The molecule has 0 aliphatic rings. The van der Waals surface area contributed by atoms with E-state index >= 15 is 0 Å². The van der Waals surface area contributed by atoms with Crippen LogP contribution in [0.15, 0.2) is 53.4 Å². The highest BCUT2D eigenvalue weighted by atomic mass is 32.2. The van der Waals surface area contributed by atoms with E-state index in [1.165, 1.54) is 24.3 Å². The smallest absolute Gasteiger partial charge is 0.322 e. The third-order valence-corrected chi connectivity index (χ3v) is 6.22. The van der Waals surface area contributed by atoms with Crippen LogP contribution in [0.1, 0.15) is 51.0 Å². The Morgan fingerprint density at radius 2 is 1.67 bits per heavy atom. The van der Waals surface area contributed by atoms with Crippen LogP contribution in [-0.4, -0.2) is 23.2 Å². The van der Waals surface area contributed by atoms with Gasteiger partial charge in [-0.1, -0.05) is 31.1 Å². The van der Waals surface area contributed by atoms with Crippen molar-refractivity contribution in [1.29, 1.82) is 0 Å². The Morgan fingerprint density at radius 3 is 2.23 bits per heavy atom. The fraction of sp³-hybridized carbons (Fsp3) is 0.333. The third-order valence-electron chi connectivity index (χ3n) is 4.66. The summed E-state index contributed by atoms with van der Waals surface area (Å²) >= 11 is 0. The van der Waals surface area contributed by atoms with Crippen molar-refractivity contribution in [3.8, 4) is 11.8 Å². The molecule has 160 valence electrons. The molecule has 0 aliphatic carbocycles. The Balaban J connectivity index is 1.79. The van der Waals surface area contributed by atoms with Crippen LogP contribution in [0.4, 0.5) is 4.39 Å². The van der Waals surface area contributed by atoms with Gasteiger partial charge in [0.15, 0.2) is 5.82 Å². The van der Waals surface area contributed by atoms with E-state index in [4.69, 9.17) is 4.74 Å². The lowest BCUT2D eigenvalue weighted by Gasteiger charge is -2.16. The van der Waals surface area contributed by atoms with E-state index in [1.54, 1.807) is 23.6 Å². The highest BCUT2D eigenvalue weighted by Crippen LogP contribution is 2.24. The van der Waals surface area contributed by atoms with Crippen LogP contribution < -0.4 is 9.46 Å². The molecule has 0 radical (unpaired) electrons. The van der Waals surface area contributed by atoms with Crippen molar-refractivity contribution in [2.75, 3.05) is 0 Å². The molecular formula is C21H25FN4O3S. The van der Waals surface area contributed by atoms with Crippen molar-refractivity contribution in [3.63, 3.8) is 0 Å². The zero-order valence-electron chi connectivity index (χ0n) is 17.3. The Morgan fingerprint density at radius 1 is 1.03 bits per heavy atom. The summed E-state index contributed by atoms with van der Waals surface area (Å²) in [6.45, 7) is 8.13. The number of aromatic nitrogens is 3. The van der Waals surface area contributed by atoms with Gasteiger partial charge in [-0.3, -0.25) is 4.57 Å². The third kappa shape index (κ3) is 4.85. The number of sulfonamides is 1. The van der Waals surface area contributed by atoms with E-state index in [-0.39, 0.29) is 16.7 Å². The van der Waals surface area contributed by atoms with Crippen LogP contribution in [-0.2, 0) is 16.6 Å². The van der Waals surface area contributed by atoms with Crippen LogP contribution in [0.25, 0.3) is 0 Å². The average molecular weight is 433 g/mol. The summed E-state index contributed by atoms with van der Waals surface area (Å²) in [5, 5.41) is 8.12. The van der Waals surface area contributed by atoms with Gasteiger partial charge in [-0.25, -0.2) is 17.5 Å². The van der Waals surface area contributed by atoms with Crippen LogP contribution in [0.5, 0.6) is 11.8 Å². The fourth-order valence-corrected chi connectivity index (χ4v) is 4.19. The molecule has 2 aromatic carbocycles. The minimum absolute atomic E-state index is 0.184. The van der Waals surface area contributed by atoms with Crippen molar-refractivity contribution in [3.05, 3.63) is 65.7 Å². The summed E-state index contributed by atoms with van der Waals surface area (Å²) in [5.74, 6) is 0.765. The number of nitrogens with one attached hydrogen (secondary N) is 1. The van der Waals surface area contributed by atoms with Crippen LogP contribution >= 0.6 is 0 Å². The SMILES string of the molecule is CCn1c(Oc2ccc(F)cc2)nnc1[C@@H](C)NS(=O)(=O)c1ccc(C(C)C)cc1. The Hall–Kier alpha value is -2.78. The fourth-order valence-electron chi connectivity index (χ4n) is 2.99. The summed E-state index contributed by atoms with van der Waals surface area (Å²) in [7, 11) is -3.74. The maximum Gasteiger partial charge on any atom is 0.322 e. The molecule has 1 atom stereocenters.